The van der Waals surface area contributed by atoms with Crippen LogP contribution in [-0.4, -0.2) is 54.5 Å². The van der Waals surface area contributed by atoms with Gasteiger partial charge in [-0.05, 0) is 43.9 Å². The third-order valence-corrected chi connectivity index (χ3v) is 7.37. The summed E-state index contributed by atoms with van der Waals surface area (Å²) in [5.41, 5.74) is 2.95. The van der Waals surface area contributed by atoms with Crippen molar-refractivity contribution in [3.05, 3.63) is 51.9 Å². The summed E-state index contributed by atoms with van der Waals surface area (Å²) in [4.78, 5) is 30.4. The third kappa shape index (κ3) is 5.80. The van der Waals surface area contributed by atoms with Crippen molar-refractivity contribution in [3.8, 4) is 6.07 Å². The third-order valence-electron chi connectivity index (χ3n) is 6.24. The van der Waals surface area contributed by atoms with E-state index < -0.39 is 0 Å². The summed E-state index contributed by atoms with van der Waals surface area (Å²) in [5.74, 6) is -0.498. The fraction of sp³-hybridized carbons (Fsp3) is 0.480. The maximum Gasteiger partial charge on any atom is 0.310 e. The zero-order chi connectivity index (χ0) is 23.2. The summed E-state index contributed by atoms with van der Waals surface area (Å²) in [6, 6.07) is 12.7. The first kappa shape index (κ1) is 23.4. The number of fused-ring (bicyclic) bond motifs is 1. The van der Waals surface area contributed by atoms with E-state index in [0.29, 0.717) is 23.7 Å². The van der Waals surface area contributed by atoms with Gasteiger partial charge in [-0.15, -0.1) is 11.3 Å². The minimum absolute atomic E-state index is 0.143. The normalized spacial score (nSPS) is 18.8. The molecule has 0 unspecified atom stereocenters. The van der Waals surface area contributed by atoms with E-state index in [4.69, 9.17) is 4.74 Å². The summed E-state index contributed by atoms with van der Waals surface area (Å²) >= 11 is 1.51. The molecule has 7 nitrogen and oxygen atoms in total. The quantitative estimate of drug-likeness (QED) is 0.630. The van der Waals surface area contributed by atoms with Crippen LogP contribution in [0.2, 0.25) is 0 Å². The predicted molar refractivity (Wildman–Crippen MR) is 128 cm³/mol. The highest BCUT2D eigenvalue weighted by atomic mass is 32.1. The molecule has 0 saturated carbocycles. The minimum Gasteiger partial charge on any atom is -0.466 e. The van der Waals surface area contributed by atoms with Crippen LogP contribution in [0.5, 0.6) is 0 Å². The molecule has 0 spiro atoms. The molecule has 3 heterocycles. The topological polar surface area (TPSA) is 85.7 Å². The van der Waals surface area contributed by atoms with Crippen molar-refractivity contribution in [2.75, 3.05) is 38.1 Å². The Balaban J connectivity index is 1.37. The van der Waals surface area contributed by atoms with Crippen LogP contribution in [0.15, 0.2) is 30.3 Å². The van der Waals surface area contributed by atoms with Crippen LogP contribution in [0.25, 0.3) is 0 Å². The van der Waals surface area contributed by atoms with Crippen molar-refractivity contribution in [2.24, 2.45) is 5.92 Å². The van der Waals surface area contributed by atoms with Crippen LogP contribution >= 0.6 is 11.3 Å². The molecule has 1 aromatic carbocycles. The standard InChI is InChI=1S/C25H30N4O3S/c1-2-32-25(31)19-9-6-11-28(15-19)17-23(30)27-24-21(13-26)20-10-12-29(16-22(20)33-24)14-18-7-4-3-5-8-18/h3-5,7-8,19H,2,6,9-12,14-17H2,1H3,(H,27,30)/t19-/m1/s1. The van der Waals surface area contributed by atoms with Gasteiger partial charge in [-0.25, -0.2) is 0 Å². The van der Waals surface area contributed by atoms with Crippen LogP contribution in [0, 0.1) is 17.2 Å². The van der Waals surface area contributed by atoms with E-state index in [1.54, 1.807) is 6.92 Å². The van der Waals surface area contributed by atoms with E-state index in [9.17, 15) is 14.9 Å². The van der Waals surface area contributed by atoms with Gasteiger partial charge in [0, 0.05) is 31.1 Å². The molecular weight excluding hydrogens is 436 g/mol. The van der Waals surface area contributed by atoms with Crippen molar-refractivity contribution in [1.82, 2.24) is 9.80 Å². The lowest BCUT2D eigenvalue weighted by molar-refractivity contribution is -0.150. The molecule has 1 atom stereocenters. The Morgan fingerprint density at radius 1 is 1.24 bits per heavy atom. The van der Waals surface area contributed by atoms with Crippen LogP contribution in [0.1, 0.15) is 41.3 Å². The Bertz CT molecular complexity index is 1030. The Morgan fingerprint density at radius 2 is 2.06 bits per heavy atom. The largest absolute Gasteiger partial charge is 0.466 e. The molecule has 1 fully saturated rings. The number of nitrogens with one attached hydrogen (secondary N) is 1. The zero-order valence-corrected chi connectivity index (χ0v) is 19.8. The Hall–Kier alpha value is -2.73. The van der Waals surface area contributed by atoms with Crippen molar-refractivity contribution < 1.29 is 14.3 Å². The SMILES string of the molecule is CCOC(=O)[C@@H]1CCCN(CC(=O)Nc2sc3c(c2C#N)CCN(Cc2ccccc2)C3)C1. The molecule has 0 radical (unpaired) electrons. The number of ether oxygens (including phenoxy) is 1. The molecule has 4 rings (SSSR count). The average Bonchev–Trinajstić information content (AvgIpc) is 3.16. The first-order valence-corrected chi connectivity index (χ1v) is 12.4. The van der Waals surface area contributed by atoms with Crippen LogP contribution in [0.4, 0.5) is 5.00 Å². The number of esters is 1. The molecule has 0 aliphatic carbocycles. The number of thiophene rings is 1. The van der Waals surface area contributed by atoms with Gasteiger partial charge in [0.2, 0.25) is 5.91 Å². The van der Waals surface area contributed by atoms with Crippen molar-refractivity contribution in [1.29, 1.82) is 5.26 Å². The number of nitriles is 1. The second-order valence-corrected chi connectivity index (χ2v) is 9.75. The highest BCUT2D eigenvalue weighted by Gasteiger charge is 2.29. The van der Waals surface area contributed by atoms with Gasteiger partial charge in [0.25, 0.3) is 0 Å². The van der Waals surface area contributed by atoms with Gasteiger partial charge in [0.15, 0.2) is 0 Å². The predicted octanol–water partition coefficient (Wildman–Crippen LogP) is 3.39. The Morgan fingerprint density at radius 3 is 2.82 bits per heavy atom. The summed E-state index contributed by atoms with van der Waals surface area (Å²) in [6.45, 7) is 6.26. The summed E-state index contributed by atoms with van der Waals surface area (Å²) in [6.07, 6.45) is 2.47. The fourth-order valence-electron chi connectivity index (χ4n) is 4.66. The van der Waals surface area contributed by atoms with Crippen LogP contribution in [0.3, 0.4) is 0 Å². The van der Waals surface area contributed by atoms with E-state index in [2.05, 4.69) is 40.6 Å². The van der Waals surface area contributed by atoms with Crippen molar-refractivity contribution in [2.45, 2.75) is 39.3 Å². The number of hydrogen-bond donors (Lipinski definition) is 1. The molecule has 1 amide bonds. The Labute approximate surface area is 198 Å². The monoisotopic (exact) mass is 466 g/mol. The first-order chi connectivity index (χ1) is 16.1. The molecule has 1 N–H and O–H groups in total. The van der Waals surface area contributed by atoms with E-state index in [1.165, 1.54) is 16.9 Å². The van der Waals surface area contributed by atoms with Crippen molar-refractivity contribution in [3.63, 3.8) is 0 Å². The first-order valence-electron chi connectivity index (χ1n) is 11.6. The number of anilines is 1. The lowest BCUT2D eigenvalue weighted by Crippen LogP contribution is -2.43. The smallest absolute Gasteiger partial charge is 0.310 e. The molecule has 174 valence electrons. The van der Waals surface area contributed by atoms with Gasteiger partial charge in [0.1, 0.15) is 11.1 Å². The van der Waals surface area contributed by atoms with E-state index in [-0.39, 0.29) is 24.3 Å². The molecule has 8 heteroatoms. The average molecular weight is 467 g/mol. The van der Waals surface area contributed by atoms with Crippen LogP contribution in [-0.2, 0) is 33.8 Å². The van der Waals surface area contributed by atoms with Gasteiger partial charge in [0.05, 0.1) is 24.6 Å². The van der Waals surface area contributed by atoms with Crippen LogP contribution < -0.4 is 5.32 Å². The summed E-state index contributed by atoms with van der Waals surface area (Å²) < 4.78 is 5.15. The second-order valence-electron chi connectivity index (χ2n) is 8.64. The molecule has 2 aliphatic heterocycles. The second kappa shape index (κ2) is 10.9. The highest BCUT2D eigenvalue weighted by molar-refractivity contribution is 7.16. The number of likely N-dealkylation sites (tertiary alicyclic amines) is 1. The number of amides is 1. The van der Waals surface area contributed by atoms with Crippen molar-refractivity contribution >= 4 is 28.2 Å². The number of carbonyl (C=O) groups excluding carboxylic acids is 2. The lowest BCUT2D eigenvalue weighted by atomic mass is 9.98. The number of carbonyl (C=O) groups is 2. The fourth-order valence-corrected chi connectivity index (χ4v) is 5.92. The van der Waals surface area contributed by atoms with E-state index in [0.717, 1.165) is 55.9 Å². The Kier molecular flexibility index (Phi) is 7.76. The molecule has 0 bridgehead atoms. The number of benzene rings is 1. The molecular formula is C25H30N4O3S. The highest BCUT2D eigenvalue weighted by Crippen LogP contribution is 2.37. The molecule has 33 heavy (non-hydrogen) atoms. The molecule has 2 aliphatic rings. The maximum absolute atomic E-state index is 12.8. The molecule has 1 aromatic heterocycles. The van der Waals surface area contributed by atoms with Gasteiger partial charge < -0.3 is 10.1 Å². The summed E-state index contributed by atoms with van der Waals surface area (Å²) in [5, 5.41) is 13.4. The molecule has 1 saturated heterocycles. The van der Waals surface area contributed by atoms with Gasteiger partial charge in [-0.2, -0.15) is 5.26 Å². The van der Waals surface area contributed by atoms with E-state index in [1.807, 2.05) is 11.0 Å². The number of hydrogen-bond acceptors (Lipinski definition) is 7. The number of rotatable bonds is 7. The van der Waals surface area contributed by atoms with Gasteiger partial charge >= 0.3 is 5.97 Å². The zero-order valence-electron chi connectivity index (χ0n) is 19.0. The summed E-state index contributed by atoms with van der Waals surface area (Å²) in [7, 11) is 0. The number of nitrogens with zero attached hydrogens (tertiary/aromatic N) is 3. The minimum atomic E-state index is -0.180. The maximum atomic E-state index is 12.8. The molecule has 2 aromatic rings. The number of piperidine rings is 1. The van der Waals surface area contributed by atoms with E-state index >= 15 is 0 Å². The lowest BCUT2D eigenvalue weighted by Gasteiger charge is -2.30. The van der Waals surface area contributed by atoms with Gasteiger partial charge in [-0.3, -0.25) is 19.4 Å². The van der Waals surface area contributed by atoms with Gasteiger partial charge in [-0.1, -0.05) is 30.3 Å².